The maximum atomic E-state index is 14.4. The van der Waals surface area contributed by atoms with Crippen LogP contribution in [-0.2, 0) is 60.5 Å². The van der Waals surface area contributed by atoms with E-state index in [1.54, 1.807) is 101 Å². The summed E-state index contributed by atoms with van der Waals surface area (Å²) in [6.45, 7) is 12.7. The molecule has 0 saturated carbocycles. The van der Waals surface area contributed by atoms with Crippen molar-refractivity contribution in [1.82, 2.24) is 20.0 Å². The highest BCUT2D eigenvalue weighted by molar-refractivity contribution is 5.78. The lowest BCUT2D eigenvalue weighted by Crippen LogP contribution is -2.54. The van der Waals surface area contributed by atoms with Crippen molar-refractivity contribution < 1.29 is 131 Å². The van der Waals surface area contributed by atoms with Crippen LogP contribution in [0.2, 0.25) is 0 Å². The number of methoxy groups -OCH3 is 2. The van der Waals surface area contributed by atoms with Gasteiger partial charge in [0.1, 0.15) is 29.0 Å². The number of nitrogens with zero attached hydrogens (tertiary/aromatic N) is 5. The molecule has 0 aliphatic carbocycles. The number of likely N-dealkylation sites (tertiary alicyclic amines) is 3. The van der Waals surface area contributed by atoms with Gasteiger partial charge in [0.15, 0.2) is 0 Å². The normalized spacial score (nSPS) is 16.5. The molecule has 0 aromatic heterocycles. The molecule has 107 heavy (non-hydrogen) atoms. The van der Waals surface area contributed by atoms with E-state index in [1.807, 2.05) is 17.0 Å². The Labute approximate surface area is 607 Å². The average Bonchev–Trinajstić information content (AvgIpc) is 1.73. The summed E-state index contributed by atoms with van der Waals surface area (Å²) in [5.74, 6) is 0.443. The number of rotatable bonds is 21. The van der Waals surface area contributed by atoms with Gasteiger partial charge >= 0.3 is 61.2 Å². The molecule has 4 aromatic carbocycles. The molecule has 4 aliphatic heterocycles. The van der Waals surface area contributed by atoms with E-state index in [0.717, 1.165) is 64.6 Å². The highest BCUT2D eigenvalue weighted by atomic mass is 19.4. The minimum atomic E-state index is -5.85. The summed E-state index contributed by atoms with van der Waals surface area (Å²) in [6, 6.07) is 21.2. The Balaban J connectivity index is 0.000000280. The lowest BCUT2D eigenvalue weighted by Gasteiger charge is -2.45. The van der Waals surface area contributed by atoms with Gasteiger partial charge in [-0.05, 0) is 196 Å². The van der Waals surface area contributed by atoms with Crippen LogP contribution < -0.4 is 24.6 Å². The third kappa shape index (κ3) is 27.2. The summed E-state index contributed by atoms with van der Waals surface area (Å²) in [5.41, 5.74) is -1.48. The number of halogens is 18. The number of aldehydes is 1. The first kappa shape index (κ1) is 87.8. The molecule has 17 nitrogen and oxygen atoms in total. The molecular weight excluding hydrogens is 1470 g/mol. The summed E-state index contributed by atoms with van der Waals surface area (Å²) >= 11 is 0. The lowest BCUT2D eigenvalue weighted by atomic mass is 9.84. The number of carbonyl (C=O) groups excluding carboxylic acids is 5. The van der Waals surface area contributed by atoms with Gasteiger partial charge in [0.2, 0.25) is 0 Å². The fourth-order valence-electron chi connectivity index (χ4n) is 12.8. The largest absolute Gasteiger partial charge is 0.497 e. The van der Waals surface area contributed by atoms with Crippen molar-refractivity contribution in [2.24, 2.45) is 0 Å². The lowest BCUT2D eigenvalue weighted by molar-refractivity contribution is -0.309. The average molecular weight is 1560 g/mol. The molecule has 598 valence electrons. The van der Waals surface area contributed by atoms with Gasteiger partial charge in [-0.3, -0.25) is 19.3 Å². The van der Waals surface area contributed by atoms with Crippen molar-refractivity contribution in [3.63, 3.8) is 0 Å². The first-order chi connectivity index (χ1) is 49.4. The number of hydrogen-bond acceptors (Lipinski definition) is 15. The molecule has 4 saturated heterocycles. The highest BCUT2D eigenvalue weighted by Gasteiger charge is 2.62. The van der Waals surface area contributed by atoms with Gasteiger partial charge < -0.3 is 53.3 Å². The van der Waals surface area contributed by atoms with Crippen molar-refractivity contribution in [3.8, 4) is 11.5 Å². The van der Waals surface area contributed by atoms with Crippen molar-refractivity contribution in [2.75, 3.05) is 76.4 Å². The van der Waals surface area contributed by atoms with Gasteiger partial charge in [0, 0.05) is 99.8 Å². The standard InChI is InChI=1S/C36H44F9N3O5.C24H28F3NO4.C12H16F6N2O2/c1-32(2,3)53-29(49)7-5-15-47(22-24-8-10-28(51-4)11-9-24)27-20-25(19-26(21-27)34(37,38)39)23-48-16-6-12-33(48)13-17-46(18-14-33)31(50)52-30(35(40,41)42)36(43,44)45;1-23(2,3)32-22(30)6-5-11-28(15-17-7-9-21(31-4)10-8-17)20-13-18(16-29)12-19(14-20)24(25,26)27;13-11(14,15)8(12(16,17)18)22-9(21)20-6-3-10(4-7-20)2-1-5-19-10/h8-11,19-21,30H,5-7,12-18,22-23H2,1-4H3;7-10,12-14,16H,5-6,11,15H2,1-4H3;8,19H,1-7H2. The van der Waals surface area contributed by atoms with Gasteiger partial charge in [-0.1, -0.05) is 24.3 Å². The third-order valence-electron chi connectivity index (χ3n) is 18.0. The predicted octanol–water partition coefficient (Wildman–Crippen LogP) is 17.4. The molecule has 2 amide bonds. The Kier molecular flexibility index (Phi) is 29.5. The minimum absolute atomic E-state index is 0.0378. The minimum Gasteiger partial charge on any atom is -0.497 e. The smallest absolute Gasteiger partial charge is 0.434 e. The van der Waals surface area contributed by atoms with Crippen molar-refractivity contribution >= 4 is 41.8 Å². The van der Waals surface area contributed by atoms with Crippen LogP contribution in [0.15, 0.2) is 84.9 Å². The molecular formula is C72H88F18N6O11. The topological polar surface area (TPSA) is 169 Å². The molecule has 4 heterocycles. The first-order valence-electron chi connectivity index (χ1n) is 34.2. The summed E-state index contributed by atoms with van der Waals surface area (Å²) < 4.78 is 264. The monoisotopic (exact) mass is 1550 g/mol. The molecule has 4 aromatic rings. The van der Waals surface area contributed by atoms with E-state index in [-0.39, 0.29) is 113 Å². The van der Waals surface area contributed by atoms with Crippen LogP contribution in [-0.4, -0.2) is 171 Å². The fraction of sp³-hybridized carbons (Fsp3) is 0.597. The van der Waals surface area contributed by atoms with E-state index in [2.05, 4.69) is 14.8 Å². The van der Waals surface area contributed by atoms with E-state index in [0.29, 0.717) is 68.5 Å². The van der Waals surface area contributed by atoms with Crippen LogP contribution in [0.4, 0.5) is 100.0 Å². The SMILES string of the molecule is COc1ccc(CN(CCCC(=O)OC(C)(C)C)c2cc(C=O)cc(C(F)(F)F)c2)cc1.COc1ccc(CN(CCCC(=O)OC(C)(C)C)c2cc(CN3CCCC34CCN(C(=O)OC(C(F)(F)F)C(F)(F)F)CC4)cc(C(F)(F)F)c2)cc1.O=C(OC(C(F)(F)F)C(F)(F)F)N1CCC2(CCCN2)CC1. The number of piperidine rings is 2. The summed E-state index contributed by atoms with van der Waals surface area (Å²) in [7, 11) is 3.05. The van der Waals surface area contributed by atoms with Crippen LogP contribution >= 0.6 is 0 Å². The molecule has 8 rings (SSSR count). The zero-order valence-corrected chi connectivity index (χ0v) is 60.1. The molecule has 35 heteroatoms. The first-order valence-corrected chi connectivity index (χ1v) is 34.2. The van der Waals surface area contributed by atoms with Crippen LogP contribution in [0, 0.1) is 0 Å². The number of amides is 2. The zero-order valence-electron chi connectivity index (χ0n) is 60.1. The van der Waals surface area contributed by atoms with Gasteiger partial charge in [-0.25, -0.2) is 9.59 Å². The number of carbonyl (C=O) groups is 5. The highest BCUT2D eigenvalue weighted by Crippen LogP contribution is 2.44. The van der Waals surface area contributed by atoms with E-state index < -0.39 is 95.3 Å². The number of benzene rings is 4. The molecule has 0 bridgehead atoms. The Bertz CT molecular complexity index is 3520. The second-order valence-electron chi connectivity index (χ2n) is 28.5. The predicted molar refractivity (Wildman–Crippen MR) is 355 cm³/mol. The summed E-state index contributed by atoms with van der Waals surface area (Å²) in [6.07, 6.45) is -38.4. The number of anilines is 2. The maximum Gasteiger partial charge on any atom is 0.434 e. The van der Waals surface area contributed by atoms with Gasteiger partial charge in [-0.2, -0.15) is 79.0 Å². The second kappa shape index (κ2) is 35.9. The number of ether oxygens (including phenoxy) is 6. The maximum absolute atomic E-state index is 14.4. The van der Waals surface area contributed by atoms with Crippen LogP contribution in [0.25, 0.3) is 0 Å². The van der Waals surface area contributed by atoms with Gasteiger partial charge in [0.05, 0.1) is 25.3 Å². The Morgan fingerprint density at radius 1 is 0.495 bits per heavy atom. The third-order valence-corrected chi connectivity index (χ3v) is 18.0. The molecule has 2 spiro atoms. The van der Waals surface area contributed by atoms with Crippen molar-refractivity contribution in [2.45, 2.75) is 210 Å². The fourth-order valence-corrected chi connectivity index (χ4v) is 12.8. The van der Waals surface area contributed by atoms with E-state index in [1.165, 1.54) is 13.2 Å². The number of alkyl halides is 18. The van der Waals surface area contributed by atoms with Gasteiger partial charge in [-0.15, -0.1) is 0 Å². The van der Waals surface area contributed by atoms with Crippen LogP contribution in [0.1, 0.15) is 157 Å². The number of hydrogen-bond donors (Lipinski definition) is 1. The number of esters is 2. The van der Waals surface area contributed by atoms with Crippen LogP contribution in [0.5, 0.6) is 11.5 Å². The van der Waals surface area contributed by atoms with E-state index in [4.69, 9.17) is 18.9 Å². The second-order valence-corrected chi connectivity index (χ2v) is 28.5. The quantitative estimate of drug-likeness (QED) is 0.0362. The van der Waals surface area contributed by atoms with E-state index in [9.17, 15) is 103 Å². The molecule has 4 fully saturated rings. The van der Waals surface area contributed by atoms with Crippen LogP contribution in [0.3, 0.4) is 0 Å². The number of nitrogens with one attached hydrogen (secondary N) is 1. The Morgan fingerprint density at radius 3 is 1.26 bits per heavy atom. The molecule has 1 N–H and O–H groups in total. The molecule has 0 radical (unpaired) electrons. The Hall–Kier alpha value is -8.11. The summed E-state index contributed by atoms with van der Waals surface area (Å²) in [5, 5.41) is 3.28. The van der Waals surface area contributed by atoms with Crippen molar-refractivity contribution in [1.29, 1.82) is 0 Å². The molecule has 0 atom stereocenters. The van der Waals surface area contributed by atoms with E-state index >= 15 is 0 Å². The zero-order chi connectivity index (χ0) is 79.9. The molecule has 0 unspecified atom stereocenters. The summed E-state index contributed by atoms with van der Waals surface area (Å²) in [4.78, 5) is 66.9. The van der Waals surface area contributed by atoms with Crippen molar-refractivity contribution in [3.05, 3.63) is 118 Å². The van der Waals surface area contributed by atoms with Gasteiger partial charge in [0.25, 0.3) is 12.2 Å². The molecule has 4 aliphatic rings. The Morgan fingerprint density at radius 2 is 0.897 bits per heavy atom.